The minimum absolute atomic E-state index is 0. The second-order valence-electron chi connectivity index (χ2n) is 3.81. The molecule has 17 heavy (non-hydrogen) atoms. The zero-order valence-corrected chi connectivity index (χ0v) is 9.77. The van der Waals surface area contributed by atoms with Crippen molar-refractivity contribution in [1.29, 1.82) is 0 Å². The highest BCUT2D eigenvalue weighted by Gasteiger charge is 2.27. The number of nitro groups is 1. The third kappa shape index (κ3) is 2.75. The van der Waals surface area contributed by atoms with Gasteiger partial charge in [-0.05, 0) is 17.4 Å². The first kappa shape index (κ1) is 13.5. The van der Waals surface area contributed by atoms with Crippen molar-refractivity contribution in [2.75, 3.05) is 13.1 Å². The average Bonchev–Trinajstić information content (AvgIpc) is 2.84. The summed E-state index contributed by atoms with van der Waals surface area (Å²) in [6, 6.07) is 2.71. The first-order chi connectivity index (χ1) is 7.58. The summed E-state index contributed by atoms with van der Waals surface area (Å²) in [4.78, 5) is 25.8. The summed E-state index contributed by atoms with van der Waals surface area (Å²) in [5.74, 6) is -0.409. The van der Waals surface area contributed by atoms with Crippen LogP contribution in [0, 0.1) is 10.1 Å². The molecule has 7 nitrogen and oxygen atoms in total. The van der Waals surface area contributed by atoms with E-state index in [1.165, 1.54) is 12.1 Å². The fraction of sp³-hybridized carbons (Fsp3) is 0.444. The molecule has 2 heterocycles. The van der Waals surface area contributed by atoms with E-state index in [0.717, 1.165) is 6.42 Å². The number of halogens is 1. The highest BCUT2D eigenvalue weighted by Crippen LogP contribution is 2.15. The standard InChI is InChI=1S/C9H12N4O3.ClH/c10-6-3-4-12(5-6)9(14)7-1-2-8(11-7)13(15)16;/h1-2,6,11H,3-5,10H2;1H/t6-;/m0./s1. The van der Waals surface area contributed by atoms with Gasteiger partial charge in [-0.25, -0.2) is 4.98 Å². The molecule has 1 aromatic heterocycles. The number of H-pyrrole nitrogens is 1. The number of aromatic amines is 1. The van der Waals surface area contributed by atoms with E-state index in [1.54, 1.807) is 4.90 Å². The Balaban J connectivity index is 0.00000144. The number of aromatic nitrogens is 1. The first-order valence-corrected chi connectivity index (χ1v) is 4.96. The predicted octanol–water partition coefficient (Wildman–Crippen LogP) is 0.518. The fourth-order valence-corrected chi connectivity index (χ4v) is 1.76. The molecule has 0 aromatic carbocycles. The summed E-state index contributed by atoms with van der Waals surface area (Å²) in [5, 5.41) is 10.4. The highest BCUT2D eigenvalue weighted by atomic mass is 35.5. The lowest BCUT2D eigenvalue weighted by Gasteiger charge is -2.12. The summed E-state index contributed by atoms with van der Waals surface area (Å²) in [6.45, 7) is 1.11. The van der Waals surface area contributed by atoms with E-state index in [0.29, 0.717) is 13.1 Å². The number of carbonyl (C=O) groups is 1. The lowest BCUT2D eigenvalue weighted by Crippen LogP contribution is -2.32. The minimum Gasteiger partial charge on any atom is -0.358 e. The summed E-state index contributed by atoms with van der Waals surface area (Å²) in [5.41, 5.74) is 5.92. The van der Waals surface area contributed by atoms with E-state index in [1.807, 2.05) is 0 Å². The Morgan fingerprint density at radius 3 is 2.76 bits per heavy atom. The number of rotatable bonds is 2. The Hall–Kier alpha value is -1.60. The largest absolute Gasteiger partial charge is 0.358 e. The molecule has 0 spiro atoms. The summed E-state index contributed by atoms with van der Waals surface area (Å²) in [7, 11) is 0. The van der Waals surface area contributed by atoms with Crippen molar-refractivity contribution < 1.29 is 9.72 Å². The zero-order chi connectivity index (χ0) is 11.7. The topological polar surface area (TPSA) is 105 Å². The smallest absolute Gasteiger partial charge is 0.321 e. The number of carbonyl (C=O) groups excluding carboxylic acids is 1. The molecule has 94 valence electrons. The van der Waals surface area contributed by atoms with Gasteiger partial charge in [0.05, 0.1) is 0 Å². The maximum atomic E-state index is 11.8. The van der Waals surface area contributed by atoms with E-state index in [4.69, 9.17) is 5.73 Å². The normalized spacial score (nSPS) is 18.9. The molecule has 1 amide bonds. The van der Waals surface area contributed by atoms with Crippen LogP contribution < -0.4 is 5.73 Å². The number of nitrogens with zero attached hydrogens (tertiary/aromatic N) is 2. The Bertz CT molecular complexity index is 434. The Kier molecular flexibility index (Phi) is 4.08. The number of nitrogens with two attached hydrogens (primary N) is 1. The monoisotopic (exact) mass is 260 g/mol. The molecule has 0 unspecified atom stereocenters. The van der Waals surface area contributed by atoms with Crippen molar-refractivity contribution in [3.05, 3.63) is 27.9 Å². The third-order valence-corrected chi connectivity index (χ3v) is 2.61. The second-order valence-corrected chi connectivity index (χ2v) is 3.81. The van der Waals surface area contributed by atoms with E-state index >= 15 is 0 Å². The van der Waals surface area contributed by atoms with Gasteiger partial charge in [-0.1, -0.05) is 0 Å². The van der Waals surface area contributed by atoms with Gasteiger partial charge in [-0.15, -0.1) is 12.4 Å². The molecule has 1 aliphatic heterocycles. The predicted molar refractivity (Wildman–Crippen MR) is 63.2 cm³/mol. The lowest BCUT2D eigenvalue weighted by atomic mass is 10.3. The van der Waals surface area contributed by atoms with Crippen molar-refractivity contribution in [3.8, 4) is 0 Å². The van der Waals surface area contributed by atoms with E-state index in [9.17, 15) is 14.9 Å². The quantitative estimate of drug-likeness (QED) is 0.597. The maximum absolute atomic E-state index is 11.8. The molecule has 0 aliphatic carbocycles. The summed E-state index contributed by atoms with van der Waals surface area (Å²) < 4.78 is 0. The van der Waals surface area contributed by atoms with Gasteiger partial charge in [0.25, 0.3) is 5.91 Å². The lowest BCUT2D eigenvalue weighted by molar-refractivity contribution is -0.389. The van der Waals surface area contributed by atoms with E-state index in [2.05, 4.69) is 4.98 Å². The number of likely N-dealkylation sites (tertiary alicyclic amines) is 1. The molecule has 1 fully saturated rings. The van der Waals surface area contributed by atoms with Crippen LogP contribution in [0.2, 0.25) is 0 Å². The van der Waals surface area contributed by atoms with Gasteiger partial charge in [0.1, 0.15) is 0 Å². The van der Waals surface area contributed by atoms with Gasteiger partial charge in [0, 0.05) is 25.2 Å². The van der Waals surface area contributed by atoms with Crippen molar-refractivity contribution >= 4 is 24.1 Å². The molecule has 2 rings (SSSR count). The van der Waals surface area contributed by atoms with Crippen LogP contribution in [0.1, 0.15) is 16.9 Å². The second kappa shape index (κ2) is 5.15. The van der Waals surface area contributed by atoms with E-state index in [-0.39, 0.29) is 35.9 Å². The zero-order valence-electron chi connectivity index (χ0n) is 8.96. The Labute approximate surface area is 104 Å². The molecule has 1 atom stereocenters. The van der Waals surface area contributed by atoms with Crippen molar-refractivity contribution in [2.45, 2.75) is 12.5 Å². The average molecular weight is 261 g/mol. The molecule has 1 aromatic rings. The fourth-order valence-electron chi connectivity index (χ4n) is 1.76. The number of amides is 1. The van der Waals surface area contributed by atoms with Crippen LogP contribution in [0.4, 0.5) is 5.82 Å². The van der Waals surface area contributed by atoms with Gasteiger partial charge in [0.2, 0.25) is 0 Å². The van der Waals surface area contributed by atoms with E-state index < -0.39 is 4.92 Å². The van der Waals surface area contributed by atoms with Gasteiger partial charge >= 0.3 is 5.82 Å². The van der Waals surface area contributed by atoms with Crippen molar-refractivity contribution in [3.63, 3.8) is 0 Å². The van der Waals surface area contributed by atoms with Crippen LogP contribution in [-0.4, -0.2) is 39.8 Å². The summed E-state index contributed by atoms with van der Waals surface area (Å²) in [6.07, 6.45) is 0.772. The number of hydrogen-bond acceptors (Lipinski definition) is 4. The van der Waals surface area contributed by atoms with Crippen molar-refractivity contribution in [2.24, 2.45) is 5.73 Å². The number of nitrogens with one attached hydrogen (secondary N) is 1. The van der Waals surface area contributed by atoms with Crippen LogP contribution in [0.5, 0.6) is 0 Å². The summed E-state index contributed by atoms with van der Waals surface area (Å²) >= 11 is 0. The molecule has 8 heteroatoms. The molecule has 3 N–H and O–H groups in total. The van der Waals surface area contributed by atoms with Gasteiger partial charge in [-0.3, -0.25) is 4.79 Å². The molecule has 0 saturated carbocycles. The first-order valence-electron chi connectivity index (χ1n) is 4.96. The van der Waals surface area contributed by atoms with Gasteiger partial charge in [0.15, 0.2) is 5.69 Å². The van der Waals surface area contributed by atoms with Crippen LogP contribution in [0.3, 0.4) is 0 Å². The molecule has 1 aliphatic rings. The van der Waals surface area contributed by atoms with Crippen LogP contribution in [0.25, 0.3) is 0 Å². The van der Waals surface area contributed by atoms with Crippen LogP contribution in [-0.2, 0) is 0 Å². The Morgan fingerprint density at radius 2 is 2.29 bits per heavy atom. The highest BCUT2D eigenvalue weighted by molar-refractivity contribution is 5.93. The molecular weight excluding hydrogens is 248 g/mol. The molecule has 0 radical (unpaired) electrons. The molecule has 1 saturated heterocycles. The molecule has 0 bridgehead atoms. The SMILES string of the molecule is Cl.N[C@H]1CCN(C(=O)c2ccc([N+](=O)[O-])[nH]2)C1. The van der Waals surface area contributed by atoms with Crippen molar-refractivity contribution in [1.82, 2.24) is 9.88 Å². The van der Waals surface area contributed by atoms with Crippen LogP contribution in [0.15, 0.2) is 12.1 Å². The minimum atomic E-state index is -0.563. The van der Waals surface area contributed by atoms with Gasteiger partial charge in [-0.2, -0.15) is 0 Å². The molecular formula is C9H13ClN4O3. The Morgan fingerprint density at radius 1 is 1.59 bits per heavy atom. The van der Waals surface area contributed by atoms with Crippen LogP contribution >= 0.6 is 12.4 Å². The third-order valence-electron chi connectivity index (χ3n) is 2.61. The van der Waals surface area contributed by atoms with Gasteiger partial charge < -0.3 is 20.7 Å². The maximum Gasteiger partial charge on any atom is 0.321 e. The number of hydrogen-bond donors (Lipinski definition) is 2.